The molecular weight excluding hydrogens is 196 g/mol. The van der Waals surface area contributed by atoms with Crippen LogP contribution in [0.15, 0.2) is 61.2 Å². The van der Waals surface area contributed by atoms with Crippen molar-refractivity contribution in [2.24, 2.45) is 0 Å². The lowest BCUT2D eigenvalue weighted by atomic mass is 10.5. The topological polar surface area (TPSA) is 24.8 Å². The van der Waals surface area contributed by atoms with Crippen molar-refractivity contribution in [1.82, 2.24) is 0 Å². The van der Waals surface area contributed by atoms with E-state index in [2.05, 4.69) is 0 Å². The van der Waals surface area contributed by atoms with Crippen LogP contribution in [-0.2, 0) is 11.2 Å². The van der Waals surface area contributed by atoms with E-state index in [9.17, 15) is 4.21 Å². The summed E-state index contributed by atoms with van der Waals surface area (Å²) in [5.74, 6) is 0. The number of hydrogen-bond acceptors (Lipinski definition) is 1. The van der Waals surface area contributed by atoms with E-state index in [1.54, 1.807) is 32.7 Å². The summed E-state index contributed by atoms with van der Waals surface area (Å²) in [6.07, 6.45) is 7.10. The molecule has 0 aliphatic heterocycles. The Bertz CT molecular complexity index is 389. The van der Waals surface area contributed by atoms with Gasteiger partial charge in [0.25, 0.3) is 0 Å². The minimum atomic E-state index is -1.21. The van der Waals surface area contributed by atoms with Crippen LogP contribution < -0.4 is 7.94 Å². The van der Waals surface area contributed by atoms with Gasteiger partial charge < -0.3 is 0 Å². The van der Waals surface area contributed by atoms with Crippen LogP contribution in [0.2, 0.25) is 0 Å². The minimum Gasteiger partial charge on any atom is -0.122 e. The van der Waals surface area contributed by atoms with Gasteiger partial charge in [-0.25, -0.2) is 0 Å². The van der Waals surface area contributed by atoms with E-state index in [0.717, 1.165) is 0 Å². The van der Waals surface area contributed by atoms with Crippen LogP contribution in [0.25, 0.3) is 0 Å². The van der Waals surface area contributed by atoms with E-state index in [-0.39, 0.29) is 0 Å². The van der Waals surface area contributed by atoms with Gasteiger partial charge in [0.1, 0.15) is 0 Å². The molecule has 0 atom stereocenters. The summed E-state index contributed by atoms with van der Waals surface area (Å²) in [4.78, 5) is 0. The maximum absolute atomic E-state index is 11.9. The van der Waals surface area contributed by atoms with Crippen LogP contribution >= 0.6 is 0 Å². The van der Waals surface area contributed by atoms with Crippen LogP contribution in [0.5, 0.6) is 0 Å². The predicted octanol–water partition coefficient (Wildman–Crippen LogP) is 0.237. The Morgan fingerprint density at radius 3 is 1.36 bits per heavy atom. The molecule has 14 heavy (non-hydrogen) atoms. The first-order valence-electron chi connectivity index (χ1n) is 4.23. The van der Waals surface area contributed by atoms with Gasteiger partial charge in [-0.3, -0.25) is 0 Å². The molecule has 0 unspecified atom stereocenters. The van der Waals surface area contributed by atoms with Gasteiger partial charge in [0.15, 0.2) is 24.8 Å². The highest BCUT2D eigenvalue weighted by Crippen LogP contribution is 1.80. The fourth-order valence-electron chi connectivity index (χ4n) is 1.08. The van der Waals surface area contributed by atoms with Crippen molar-refractivity contribution in [2.75, 3.05) is 0 Å². The molecule has 70 valence electrons. The fraction of sp³-hybridized carbons (Fsp3) is 0. The maximum Gasteiger partial charge on any atom is 0.581 e. The van der Waals surface area contributed by atoms with Gasteiger partial charge in [-0.05, 0) is 0 Å². The molecule has 0 amide bonds. The number of nitrogens with zero attached hydrogens (tertiary/aromatic N) is 2. The summed E-state index contributed by atoms with van der Waals surface area (Å²) in [6.45, 7) is 0. The summed E-state index contributed by atoms with van der Waals surface area (Å²) >= 11 is -1.21. The number of aromatic nitrogens is 2. The molecule has 4 heteroatoms. The second-order valence-corrected chi connectivity index (χ2v) is 4.01. The second-order valence-electron chi connectivity index (χ2n) is 2.70. The molecule has 2 aromatic heterocycles. The SMILES string of the molecule is O=S([n+]1ccccc1)[n+]1ccccc1. The van der Waals surface area contributed by atoms with Gasteiger partial charge in [0.2, 0.25) is 0 Å². The zero-order valence-corrected chi connectivity index (χ0v) is 8.30. The second kappa shape index (κ2) is 4.11. The highest BCUT2D eigenvalue weighted by atomic mass is 32.2. The molecule has 0 aliphatic carbocycles. The van der Waals surface area contributed by atoms with Gasteiger partial charge in [-0.15, -0.1) is 4.21 Å². The monoisotopic (exact) mass is 206 g/mol. The van der Waals surface area contributed by atoms with Crippen molar-refractivity contribution in [3.63, 3.8) is 0 Å². The molecule has 0 radical (unpaired) electrons. The lowest BCUT2D eigenvalue weighted by Crippen LogP contribution is -2.54. The van der Waals surface area contributed by atoms with Gasteiger partial charge in [0, 0.05) is 24.3 Å². The van der Waals surface area contributed by atoms with Crippen molar-refractivity contribution < 1.29 is 12.2 Å². The van der Waals surface area contributed by atoms with Gasteiger partial charge in [-0.2, -0.15) is 0 Å². The standard InChI is InChI=1S/C10H10N2OS/c13-14(11-7-3-1-4-8-11)12-9-5-2-6-10-12/h1-10H/q+2. The van der Waals surface area contributed by atoms with Crippen LogP contribution in [0.4, 0.5) is 0 Å². The smallest absolute Gasteiger partial charge is 0.122 e. The first-order chi connectivity index (χ1) is 6.88. The molecule has 2 heterocycles. The van der Waals surface area contributed by atoms with E-state index in [4.69, 9.17) is 0 Å². The molecular formula is C10H10N2OS+2. The van der Waals surface area contributed by atoms with E-state index in [1.165, 1.54) is 0 Å². The summed E-state index contributed by atoms with van der Waals surface area (Å²) in [6, 6.07) is 11.2. The molecule has 3 nitrogen and oxygen atoms in total. The molecule has 0 N–H and O–H groups in total. The highest BCUT2D eigenvalue weighted by Gasteiger charge is 2.21. The molecule has 0 aliphatic rings. The number of pyridine rings is 2. The van der Waals surface area contributed by atoms with Crippen LogP contribution in [0.1, 0.15) is 0 Å². The average Bonchev–Trinajstić information content (AvgIpc) is 2.30. The quantitative estimate of drug-likeness (QED) is 0.646. The first kappa shape index (κ1) is 9.02. The van der Waals surface area contributed by atoms with Crippen LogP contribution in [-0.4, -0.2) is 4.21 Å². The molecule has 0 fully saturated rings. The molecule has 2 aromatic rings. The summed E-state index contributed by atoms with van der Waals surface area (Å²) in [5.41, 5.74) is 0. The lowest BCUT2D eigenvalue weighted by molar-refractivity contribution is -0.614. The molecule has 0 aromatic carbocycles. The third-order valence-electron chi connectivity index (χ3n) is 1.74. The highest BCUT2D eigenvalue weighted by molar-refractivity contribution is 7.71. The molecule has 0 bridgehead atoms. The van der Waals surface area contributed by atoms with E-state index >= 15 is 0 Å². The van der Waals surface area contributed by atoms with Crippen molar-refractivity contribution >= 4 is 11.2 Å². The predicted molar refractivity (Wildman–Crippen MR) is 52.2 cm³/mol. The third-order valence-corrected chi connectivity index (χ3v) is 2.95. The van der Waals surface area contributed by atoms with E-state index < -0.39 is 11.2 Å². The first-order valence-corrected chi connectivity index (χ1v) is 5.29. The van der Waals surface area contributed by atoms with Crippen molar-refractivity contribution in [1.29, 1.82) is 0 Å². The normalized spacial score (nSPS) is 10.4. The van der Waals surface area contributed by atoms with Gasteiger partial charge >= 0.3 is 11.2 Å². The fourth-order valence-corrected chi connectivity index (χ4v) is 2.00. The Morgan fingerprint density at radius 2 is 1.00 bits per heavy atom. The summed E-state index contributed by atoms with van der Waals surface area (Å²) in [7, 11) is 0. The van der Waals surface area contributed by atoms with Crippen LogP contribution in [0, 0.1) is 0 Å². The minimum absolute atomic E-state index is 1.21. The van der Waals surface area contributed by atoms with Crippen molar-refractivity contribution in [2.45, 2.75) is 0 Å². The number of rotatable bonds is 2. The Balaban J connectivity index is 2.35. The summed E-state index contributed by atoms with van der Waals surface area (Å²) in [5, 5.41) is 0. The van der Waals surface area contributed by atoms with E-state index in [1.807, 2.05) is 36.4 Å². The summed E-state index contributed by atoms with van der Waals surface area (Å²) < 4.78 is 15.2. The van der Waals surface area contributed by atoms with Gasteiger partial charge in [-0.1, -0.05) is 20.1 Å². The van der Waals surface area contributed by atoms with Crippen LogP contribution in [0.3, 0.4) is 0 Å². The van der Waals surface area contributed by atoms with E-state index in [0.29, 0.717) is 0 Å². The Labute approximate surface area is 85.0 Å². The Kier molecular flexibility index (Phi) is 2.65. The molecule has 0 saturated carbocycles. The maximum atomic E-state index is 11.9. The molecule has 0 spiro atoms. The van der Waals surface area contributed by atoms with Crippen molar-refractivity contribution in [3.05, 3.63) is 61.2 Å². The Morgan fingerprint density at radius 1 is 0.643 bits per heavy atom. The lowest BCUT2D eigenvalue weighted by Gasteiger charge is -1.87. The average molecular weight is 206 g/mol. The van der Waals surface area contributed by atoms with Crippen molar-refractivity contribution in [3.8, 4) is 0 Å². The molecule has 0 saturated heterocycles. The Hall–Kier alpha value is -1.55. The number of hydrogen-bond donors (Lipinski definition) is 0. The van der Waals surface area contributed by atoms with Gasteiger partial charge in [0.05, 0.1) is 0 Å². The third kappa shape index (κ3) is 1.85. The molecule has 2 rings (SSSR count). The largest absolute Gasteiger partial charge is 0.581 e. The zero-order valence-electron chi connectivity index (χ0n) is 7.48. The zero-order chi connectivity index (χ0) is 9.80.